The van der Waals surface area contributed by atoms with Gasteiger partial charge in [0.15, 0.2) is 5.78 Å². The molecular weight excluding hydrogens is 420 g/mol. The van der Waals surface area contributed by atoms with Crippen LogP contribution in [0.1, 0.15) is 53.0 Å². The number of hydrogen-bond donors (Lipinski definition) is 0. The molecule has 1 aromatic carbocycles. The van der Waals surface area contributed by atoms with Gasteiger partial charge in [-0.15, -0.1) is 0 Å². The van der Waals surface area contributed by atoms with E-state index in [4.69, 9.17) is 14.2 Å². The summed E-state index contributed by atoms with van der Waals surface area (Å²) < 4.78 is 17.5. The number of carbonyl (C=O) groups excluding carboxylic acids is 2. The highest BCUT2D eigenvalue weighted by Crippen LogP contribution is 2.36. The largest absolute Gasteiger partial charge is 0.478 e. The predicted molar refractivity (Wildman–Crippen MR) is 125 cm³/mol. The van der Waals surface area contributed by atoms with Crippen LogP contribution in [-0.2, 0) is 20.7 Å². The molecule has 0 bridgehead atoms. The van der Waals surface area contributed by atoms with E-state index >= 15 is 0 Å². The lowest BCUT2D eigenvalue weighted by molar-refractivity contribution is -0.136. The standard InChI is InChI=1S/C26H34N2O5/c1-25(2,3)33-24(30)28-20(18-19-12-7-6-8-13-19)23(32-26(28,4)5)21(29)14-11-17-31-22-15-9-10-16-27-22/h6-10,12-13,15-16,20,23H,11,14,17-18H2,1-5H3. The molecule has 1 aliphatic rings. The molecule has 33 heavy (non-hydrogen) atoms. The Hall–Kier alpha value is -2.93. The van der Waals surface area contributed by atoms with Crippen molar-refractivity contribution >= 4 is 11.9 Å². The minimum absolute atomic E-state index is 0.0558. The fourth-order valence-electron chi connectivity index (χ4n) is 3.98. The van der Waals surface area contributed by atoms with E-state index in [-0.39, 0.29) is 12.2 Å². The van der Waals surface area contributed by atoms with Crippen molar-refractivity contribution in [2.24, 2.45) is 0 Å². The van der Waals surface area contributed by atoms with Crippen LogP contribution in [0.5, 0.6) is 5.88 Å². The van der Waals surface area contributed by atoms with Crippen molar-refractivity contribution in [3.05, 3.63) is 60.3 Å². The van der Waals surface area contributed by atoms with Crippen molar-refractivity contribution in [2.75, 3.05) is 6.61 Å². The number of hydrogen-bond acceptors (Lipinski definition) is 6. The fourth-order valence-corrected chi connectivity index (χ4v) is 3.98. The third-order valence-electron chi connectivity index (χ3n) is 5.33. The number of benzene rings is 1. The Morgan fingerprint density at radius 2 is 1.79 bits per heavy atom. The van der Waals surface area contributed by atoms with Crippen LogP contribution < -0.4 is 4.74 Å². The van der Waals surface area contributed by atoms with Crippen LogP contribution in [0.2, 0.25) is 0 Å². The minimum atomic E-state index is -0.980. The molecule has 2 atom stereocenters. The zero-order chi connectivity index (χ0) is 24.1. The van der Waals surface area contributed by atoms with Crippen molar-refractivity contribution in [2.45, 2.75) is 77.4 Å². The molecule has 2 heterocycles. The zero-order valence-corrected chi connectivity index (χ0v) is 20.1. The van der Waals surface area contributed by atoms with E-state index < -0.39 is 29.6 Å². The lowest BCUT2D eigenvalue weighted by Crippen LogP contribution is -2.51. The molecule has 1 amide bonds. The topological polar surface area (TPSA) is 78.0 Å². The van der Waals surface area contributed by atoms with Gasteiger partial charge in [-0.2, -0.15) is 0 Å². The first-order valence-electron chi connectivity index (χ1n) is 11.4. The fraction of sp³-hybridized carbons (Fsp3) is 0.500. The normalized spacial score (nSPS) is 19.8. The summed E-state index contributed by atoms with van der Waals surface area (Å²) in [6.07, 6.45) is 1.73. The highest BCUT2D eigenvalue weighted by molar-refractivity contribution is 5.85. The Balaban J connectivity index is 1.73. The zero-order valence-electron chi connectivity index (χ0n) is 20.1. The number of ketones is 1. The number of nitrogens with zero attached hydrogens (tertiary/aromatic N) is 2. The first-order valence-corrected chi connectivity index (χ1v) is 11.4. The van der Waals surface area contributed by atoms with Crippen LogP contribution in [0.4, 0.5) is 4.79 Å². The van der Waals surface area contributed by atoms with E-state index in [0.717, 1.165) is 5.56 Å². The summed E-state index contributed by atoms with van der Waals surface area (Å²) in [6, 6.07) is 14.8. The summed E-state index contributed by atoms with van der Waals surface area (Å²) in [6.45, 7) is 9.44. The SMILES string of the molecule is CC(C)(C)OC(=O)N1C(Cc2ccccc2)C(C(=O)CCCOc2ccccn2)OC1(C)C. The molecule has 7 heteroatoms. The lowest BCUT2D eigenvalue weighted by Gasteiger charge is -2.35. The molecule has 0 radical (unpaired) electrons. The Morgan fingerprint density at radius 1 is 1.09 bits per heavy atom. The monoisotopic (exact) mass is 454 g/mol. The lowest BCUT2D eigenvalue weighted by atomic mass is 9.96. The highest BCUT2D eigenvalue weighted by atomic mass is 16.6. The third kappa shape index (κ3) is 6.78. The molecule has 1 saturated heterocycles. The van der Waals surface area contributed by atoms with Gasteiger partial charge in [-0.25, -0.2) is 9.78 Å². The molecule has 1 fully saturated rings. The molecule has 0 spiro atoms. The van der Waals surface area contributed by atoms with E-state index in [1.165, 1.54) is 0 Å². The molecule has 2 unspecified atom stereocenters. The van der Waals surface area contributed by atoms with Gasteiger partial charge in [0.25, 0.3) is 0 Å². The second-order valence-electron chi connectivity index (χ2n) is 9.68. The van der Waals surface area contributed by atoms with E-state index in [1.54, 1.807) is 31.0 Å². The number of ether oxygens (including phenoxy) is 3. The van der Waals surface area contributed by atoms with E-state index in [2.05, 4.69) is 4.98 Å². The molecule has 0 N–H and O–H groups in total. The molecule has 3 rings (SSSR count). The van der Waals surface area contributed by atoms with Gasteiger partial charge in [-0.3, -0.25) is 9.69 Å². The quantitative estimate of drug-likeness (QED) is 0.534. The van der Waals surface area contributed by atoms with Gasteiger partial charge in [0.2, 0.25) is 5.88 Å². The van der Waals surface area contributed by atoms with Crippen LogP contribution in [-0.4, -0.2) is 51.8 Å². The van der Waals surface area contributed by atoms with Gasteiger partial charge in [0, 0.05) is 18.7 Å². The van der Waals surface area contributed by atoms with E-state index in [0.29, 0.717) is 25.3 Å². The molecule has 178 valence electrons. The number of aromatic nitrogens is 1. The predicted octanol–water partition coefficient (Wildman–Crippen LogP) is 4.79. The van der Waals surface area contributed by atoms with Crippen LogP contribution in [0, 0.1) is 0 Å². The maximum absolute atomic E-state index is 13.2. The Kier molecular flexibility index (Phi) is 7.74. The van der Waals surface area contributed by atoms with Crippen LogP contribution in [0.25, 0.3) is 0 Å². The first kappa shape index (κ1) is 24.7. The van der Waals surface area contributed by atoms with Gasteiger partial charge < -0.3 is 14.2 Å². The highest BCUT2D eigenvalue weighted by Gasteiger charge is 2.53. The Bertz CT molecular complexity index is 925. The Labute approximate surface area is 196 Å². The van der Waals surface area contributed by atoms with Crippen LogP contribution in [0.15, 0.2) is 54.7 Å². The third-order valence-corrected chi connectivity index (χ3v) is 5.33. The first-order chi connectivity index (χ1) is 15.6. The van der Waals surface area contributed by atoms with E-state index in [9.17, 15) is 9.59 Å². The molecular formula is C26H34N2O5. The van der Waals surface area contributed by atoms with Crippen molar-refractivity contribution in [1.29, 1.82) is 0 Å². The van der Waals surface area contributed by atoms with Gasteiger partial charge in [0.1, 0.15) is 17.4 Å². The molecule has 1 aliphatic heterocycles. The number of pyridine rings is 1. The molecule has 7 nitrogen and oxygen atoms in total. The van der Waals surface area contributed by atoms with E-state index in [1.807, 2.05) is 63.2 Å². The Morgan fingerprint density at radius 3 is 2.42 bits per heavy atom. The van der Waals surface area contributed by atoms with Crippen molar-refractivity contribution in [1.82, 2.24) is 9.88 Å². The summed E-state index contributed by atoms with van der Waals surface area (Å²) in [5.74, 6) is 0.473. The minimum Gasteiger partial charge on any atom is -0.478 e. The summed E-state index contributed by atoms with van der Waals surface area (Å²) in [5, 5.41) is 0. The molecule has 0 saturated carbocycles. The second-order valence-corrected chi connectivity index (χ2v) is 9.68. The summed E-state index contributed by atoms with van der Waals surface area (Å²) >= 11 is 0. The summed E-state index contributed by atoms with van der Waals surface area (Å²) in [7, 11) is 0. The van der Waals surface area contributed by atoms with Crippen molar-refractivity contribution in [3.63, 3.8) is 0 Å². The maximum atomic E-state index is 13.2. The number of amides is 1. The van der Waals surface area contributed by atoms with Gasteiger partial charge in [-0.05, 0) is 59.1 Å². The van der Waals surface area contributed by atoms with Gasteiger partial charge in [0.05, 0.1) is 12.6 Å². The summed E-state index contributed by atoms with van der Waals surface area (Å²) in [4.78, 5) is 32.1. The maximum Gasteiger partial charge on any atom is 0.412 e. The van der Waals surface area contributed by atoms with Crippen LogP contribution >= 0.6 is 0 Å². The molecule has 2 aromatic rings. The number of Topliss-reactive ketones (excluding diaryl/α,β-unsaturated/α-hetero) is 1. The summed E-state index contributed by atoms with van der Waals surface area (Å²) in [5.41, 5.74) is -0.615. The smallest absolute Gasteiger partial charge is 0.412 e. The second kappa shape index (κ2) is 10.3. The van der Waals surface area contributed by atoms with Crippen LogP contribution in [0.3, 0.4) is 0 Å². The number of rotatable bonds is 8. The van der Waals surface area contributed by atoms with Crippen molar-refractivity contribution < 1.29 is 23.8 Å². The molecule has 1 aromatic heterocycles. The molecule has 0 aliphatic carbocycles. The van der Waals surface area contributed by atoms with Gasteiger partial charge >= 0.3 is 6.09 Å². The van der Waals surface area contributed by atoms with Crippen molar-refractivity contribution in [3.8, 4) is 5.88 Å². The average Bonchev–Trinajstić information content (AvgIpc) is 3.01. The number of carbonyl (C=O) groups is 2. The average molecular weight is 455 g/mol. The van der Waals surface area contributed by atoms with Gasteiger partial charge in [-0.1, -0.05) is 36.4 Å².